The molecule has 0 radical (unpaired) electrons. The predicted octanol–water partition coefficient (Wildman–Crippen LogP) is 3.40. The first-order valence-electron chi connectivity index (χ1n) is 3.88. The maximum absolute atomic E-state index is 11.0. The van der Waals surface area contributed by atoms with Gasteiger partial charge in [-0.1, -0.05) is 6.92 Å². The largest absolute Gasteiger partial charge is 0.326 e. The van der Waals surface area contributed by atoms with Crippen molar-refractivity contribution in [3.8, 4) is 0 Å². The molecule has 0 fully saturated rings. The Bertz CT molecular complexity index is 327. The van der Waals surface area contributed by atoms with Crippen molar-refractivity contribution in [3.05, 3.63) is 26.2 Å². The highest BCUT2D eigenvalue weighted by Crippen LogP contribution is 2.22. The van der Waals surface area contributed by atoms with Crippen LogP contribution in [-0.4, -0.2) is 5.91 Å². The number of nitrogens with one attached hydrogen (secondary N) is 1. The summed E-state index contributed by atoms with van der Waals surface area (Å²) in [7, 11) is 0. The Kier molecular flexibility index (Phi) is 4.18. The molecule has 1 aromatic carbocycles. The summed E-state index contributed by atoms with van der Waals surface area (Å²) in [4.78, 5) is 11.0. The third kappa shape index (κ3) is 3.27. The third-order valence-corrected chi connectivity index (χ3v) is 3.86. The van der Waals surface area contributed by atoms with E-state index in [4.69, 9.17) is 0 Å². The number of anilines is 1. The molecule has 4 heteroatoms. The van der Waals surface area contributed by atoms with Gasteiger partial charge in [0, 0.05) is 20.2 Å². The topological polar surface area (TPSA) is 29.1 Å². The zero-order chi connectivity index (χ0) is 9.84. The molecule has 0 unspecified atom stereocenters. The van der Waals surface area contributed by atoms with Crippen molar-refractivity contribution in [1.82, 2.24) is 0 Å². The van der Waals surface area contributed by atoms with Crippen molar-refractivity contribution in [2.45, 2.75) is 13.3 Å². The van der Waals surface area contributed by atoms with E-state index in [0.29, 0.717) is 6.42 Å². The molecule has 13 heavy (non-hydrogen) atoms. The van der Waals surface area contributed by atoms with Gasteiger partial charge < -0.3 is 5.32 Å². The molecule has 0 heterocycles. The van der Waals surface area contributed by atoms with Gasteiger partial charge >= 0.3 is 0 Å². The van der Waals surface area contributed by atoms with Crippen LogP contribution in [0, 0.1) is 3.57 Å². The summed E-state index contributed by atoms with van der Waals surface area (Å²) in [5.41, 5.74) is 0.833. The molecule has 0 atom stereocenters. The van der Waals surface area contributed by atoms with Gasteiger partial charge in [-0.25, -0.2) is 0 Å². The van der Waals surface area contributed by atoms with Crippen molar-refractivity contribution in [1.29, 1.82) is 0 Å². The molecule has 1 N–H and O–H groups in total. The molecular weight excluding hydrogens is 345 g/mol. The van der Waals surface area contributed by atoms with E-state index >= 15 is 0 Å². The maximum Gasteiger partial charge on any atom is 0.224 e. The number of amides is 1. The Hall–Kier alpha value is -0.100. The molecule has 1 amide bonds. The Morgan fingerprint density at radius 1 is 1.62 bits per heavy atom. The van der Waals surface area contributed by atoms with E-state index in [1.54, 1.807) is 0 Å². The highest BCUT2D eigenvalue weighted by Gasteiger charge is 2.01. The summed E-state index contributed by atoms with van der Waals surface area (Å²) >= 11 is 5.62. The average molecular weight is 354 g/mol. The van der Waals surface area contributed by atoms with Crippen LogP contribution in [0.1, 0.15) is 13.3 Å². The van der Waals surface area contributed by atoms with Gasteiger partial charge in [-0.05, 0) is 56.7 Å². The van der Waals surface area contributed by atoms with Crippen LogP contribution in [0.15, 0.2) is 22.7 Å². The maximum atomic E-state index is 11.0. The normalized spacial score (nSPS) is 9.77. The summed E-state index contributed by atoms with van der Waals surface area (Å²) in [6.07, 6.45) is 0.504. The summed E-state index contributed by atoms with van der Waals surface area (Å²) < 4.78 is 2.13. The molecule has 0 aliphatic heterocycles. The first kappa shape index (κ1) is 11.0. The molecular formula is C9H9BrINO. The highest BCUT2D eigenvalue weighted by atomic mass is 127. The molecule has 2 nitrogen and oxygen atoms in total. The van der Waals surface area contributed by atoms with Gasteiger partial charge in [0.1, 0.15) is 0 Å². The molecule has 70 valence electrons. The third-order valence-electron chi connectivity index (χ3n) is 1.52. The number of halogens is 2. The number of benzene rings is 1. The minimum Gasteiger partial charge on any atom is -0.326 e. The standard InChI is InChI=1S/C9H9BrINO/c1-2-9(13)12-6-3-4-8(11)7(10)5-6/h3-5H,2H2,1H3,(H,12,13). The van der Waals surface area contributed by atoms with Crippen LogP contribution >= 0.6 is 38.5 Å². The quantitative estimate of drug-likeness (QED) is 0.811. The van der Waals surface area contributed by atoms with Crippen LogP contribution < -0.4 is 5.32 Å². The molecule has 1 aromatic rings. The fourth-order valence-corrected chi connectivity index (χ4v) is 1.54. The van der Waals surface area contributed by atoms with Crippen LogP contribution in [0.3, 0.4) is 0 Å². The van der Waals surface area contributed by atoms with Crippen LogP contribution in [0.25, 0.3) is 0 Å². The van der Waals surface area contributed by atoms with Gasteiger partial charge in [0.05, 0.1) is 0 Å². The van der Waals surface area contributed by atoms with Crippen molar-refractivity contribution < 1.29 is 4.79 Å². The molecule has 0 saturated carbocycles. The van der Waals surface area contributed by atoms with E-state index in [1.165, 1.54) is 0 Å². The lowest BCUT2D eigenvalue weighted by molar-refractivity contribution is -0.115. The van der Waals surface area contributed by atoms with Crippen molar-refractivity contribution >= 4 is 50.1 Å². The van der Waals surface area contributed by atoms with E-state index in [1.807, 2.05) is 25.1 Å². The summed E-state index contributed by atoms with van der Waals surface area (Å²) in [6, 6.07) is 5.74. The van der Waals surface area contributed by atoms with Gasteiger partial charge in [-0.3, -0.25) is 4.79 Å². The second kappa shape index (κ2) is 4.95. The first-order valence-corrected chi connectivity index (χ1v) is 5.75. The van der Waals surface area contributed by atoms with Crippen LogP contribution in [0.2, 0.25) is 0 Å². The van der Waals surface area contributed by atoms with Crippen LogP contribution in [0.5, 0.6) is 0 Å². The number of hydrogen-bond acceptors (Lipinski definition) is 1. The summed E-state index contributed by atoms with van der Waals surface area (Å²) in [5.74, 6) is 0.0353. The van der Waals surface area contributed by atoms with E-state index in [9.17, 15) is 4.79 Å². The van der Waals surface area contributed by atoms with E-state index in [0.717, 1.165) is 13.7 Å². The highest BCUT2D eigenvalue weighted by molar-refractivity contribution is 14.1. The first-order chi connectivity index (χ1) is 6.13. The molecule has 1 rings (SSSR count). The van der Waals surface area contributed by atoms with E-state index in [2.05, 4.69) is 43.8 Å². The smallest absolute Gasteiger partial charge is 0.224 e. The Morgan fingerprint density at radius 3 is 2.85 bits per heavy atom. The number of carbonyl (C=O) groups is 1. The number of rotatable bonds is 2. The second-order valence-electron chi connectivity index (χ2n) is 2.53. The Morgan fingerprint density at radius 2 is 2.31 bits per heavy atom. The fourth-order valence-electron chi connectivity index (χ4n) is 0.823. The monoisotopic (exact) mass is 353 g/mol. The SMILES string of the molecule is CCC(=O)Nc1ccc(I)c(Br)c1. The van der Waals surface area contributed by atoms with Crippen LogP contribution in [0.4, 0.5) is 5.69 Å². The van der Waals surface area contributed by atoms with Crippen molar-refractivity contribution in [3.63, 3.8) is 0 Å². The number of carbonyl (C=O) groups excluding carboxylic acids is 1. The van der Waals surface area contributed by atoms with Gasteiger partial charge in [-0.15, -0.1) is 0 Å². The summed E-state index contributed by atoms with van der Waals surface area (Å²) in [5, 5.41) is 2.79. The van der Waals surface area contributed by atoms with Gasteiger partial charge in [0.25, 0.3) is 0 Å². The van der Waals surface area contributed by atoms with Gasteiger partial charge in [0.2, 0.25) is 5.91 Å². The lowest BCUT2D eigenvalue weighted by Gasteiger charge is -2.04. The number of hydrogen-bond donors (Lipinski definition) is 1. The zero-order valence-corrected chi connectivity index (χ0v) is 10.8. The Balaban J connectivity index is 2.79. The van der Waals surface area contributed by atoms with Crippen molar-refractivity contribution in [2.24, 2.45) is 0 Å². The minimum atomic E-state index is 0.0353. The van der Waals surface area contributed by atoms with Gasteiger partial charge in [0.15, 0.2) is 0 Å². The molecule has 0 saturated heterocycles. The lowest BCUT2D eigenvalue weighted by Crippen LogP contribution is -2.09. The van der Waals surface area contributed by atoms with Crippen LogP contribution in [-0.2, 0) is 4.79 Å². The van der Waals surface area contributed by atoms with Crippen molar-refractivity contribution in [2.75, 3.05) is 5.32 Å². The fraction of sp³-hybridized carbons (Fsp3) is 0.222. The lowest BCUT2D eigenvalue weighted by atomic mass is 10.3. The average Bonchev–Trinajstić information content (AvgIpc) is 2.11. The molecule has 0 spiro atoms. The minimum absolute atomic E-state index is 0.0353. The molecule has 0 bridgehead atoms. The zero-order valence-electron chi connectivity index (χ0n) is 7.10. The van der Waals surface area contributed by atoms with Gasteiger partial charge in [-0.2, -0.15) is 0 Å². The van der Waals surface area contributed by atoms with E-state index < -0.39 is 0 Å². The second-order valence-corrected chi connectivity index (χ2v) is 4.55. The predicted molar refractivity (Wildman–Crippen MR) is 65.8 cm³/mol. The Labute approximate surface area is 99.4 Å². The molecule has 0 aromatic heterocycles. The molecule has 0 aliphatic carbocycles. The summed E-state index contributed by atoms with van der Waals surface area (Å²) in [6.45, 7) is 1.83. The van der Waals surface area contributed by atoms with E-state index in [-0.39, 0.29) is 5.91 Å². The molecule has 0 aliphatic rings.